The molecule has 0 N–H and O–H groups in total. The molecule has 0 spiro atoms. The molecule has 1 aromatic carbocycles. The molecule has 0 saturated carbocycles. The van der Waals surface area contributed by atoms with Crippen LogP contribution in [0.4, 0.5) is 5.69 Å². The molecule has 0 fully saturated rings. The van der Waals surface area contributed by atoms with E-state index in [-0.39, 0.29) is 0 Å². The summed E-state index contributed by atoms with van der Waals surface area (Å²) in [6.45, 7) is 0. The van der Waals surface area contributed by atoms with Crippen LogP contribution in [0.5, 0.6) is 0 Å². The summed E-state index contributed by atoms with van der Waals surface area (Å²) in [4.78, 5) is 26.6. The fourth-order valence-corrected chi connectivity index (χ4v) is 3.71. The summed E-state index contributed by atoms with van der Waals surface area (Å²) in [5.74, 6) is -0.439. The Bertz CT molecular complexity index is 1220. The van der Waals surface area contributed by atoms with Gasteiger partial charge in [-0.25, -0.2) is 14.5 Å². The zero-order chi connectivity index (χ0) is 20.2. The molecule has 0 radical (unpaired) electrons. The third kappa shape index (κ3) is 3.83. The number of esters is 1. The average Bonchev–Trinajstić information content (AvgIpc) is 3.14. The molecule has 29 heavy (non-hydrogen) atoms. The van der Waals surface area contributed by atoms with Crippen molar-refractivity contribution in [3.05, 3.63) is 77.4 Å². The van der Waals surface area contributed by atoms with Gasteiger partial charge < -0.3 is 4.74 Å². The van der Waals surface area contributed by atoms with Crippen molar-refractivity contribution >= 4 is 23.0 Å². The molecule has 3 aromatic heterocycles. The Morgan fingerprint density at radius 1 is 1.00 bits per heavy atom. The third-order valence-corrected chi connectivity index (χ3v) is 5.20. The van der Waals surface area contributed by atoms with Crippen LogP contribution in [0.2, 0.25) is 0 Å². The van der Waals surface area contributed by atoms with Crippen LogP contribution in [0.25, 0.3) is 22.0 Å². The minimum Gasteiger partial charge on any atom is -0.465 e. The second kappa shape index (κ2) is 8.15. The van der Waals surface area contributed by atoms with E-state index >= 15 is 0 Å². The summed E-state index contributed by atoms with van der Waals surface area (Å²) in [5, 5.41) is 5.28. The van der Waals surface area contributed by atoms with Crippen LogP contribution in [0.15, 0.2) is 72.0 Å². The predicted octanol–water partition coefficient (Wildman–Crippen LogP) is 3.62. The van der Waals surface area contributed by atoms with Gasteiger partial charge >= 0.3 is 5.97 Å². The average molecular weight is 403 g/mol. The number of hydrogen-bond acceptors (Lipinski definition) is 7. The van der Waals surface area contributed by atoms with Gasteiger partial charge in [0.15, 0.2) is 5.01 Å². The van der Waals surface area contributed by atoms with E-state index in [1.54, 1.807) is 29.2 Å². The van der Waals surface area contributed by atoms with Crippen LogP contribution >= 0.6 is 11.3 Å². The van der Waals surface area contributed by atoms with Crippen LogP contribution < -0.4 is 4.80 Å². The minimum absolute atomic E-state index is 0.407. The van der Waals surface area contributed by atoms with Gasteiger partial charge in [0.25, 0.3) is 0 Å². The number of benzene rings is 1. The number of aryl methyl sites for hydroxylation is 1. The molecule has 4 aromatic rings. The molecule has 7 nitrogen and oxygen atoms in total. The first-order chi connectivity index (χ1) is 14.2. The SMILES string of the molecule is COC(=O)c1cccc(N=c2sc(-c3ccccn3)nn2C)c1-c1ccccn1. The molecular weight excluding hydrogens is 386 g/mol. The van der Waals surface area contributed by atoms with Gasteiger partial charge in [0.1, 0.15) is 5.69 Å². The Kier molecular flexibility index (Phi) is 5.26. The number of aromatic nitrogens is 4. The minimum atomic E-state index is -0.439. The topological polar surface area (TPSA) is 82.3 Å². The Balaban J connectivity index is 1.91. The molecular formula is C21H17N5O2S. The van der Waals surface area contributed by atoms with Gasteiger partial charge in [-0.3, -0.25) is 9.97 Å². The number of hydrogen-bond donors (Lipinski definition) is 0. The Morgan fingerprint density at radius 2 is 1.72 bits per heavy atom. The number of ether oxygens (including phenoxy) is 1. The molecule has 0 saturated heterocycles. The van der Waals surface area contributed by atoms with E-state index in [1.807, 2.05) is 49.5 Å². The second-order valence-electron chi connectivity index (χ2n) is 6.05. The molecule has 0 aliphatic carbocycles. The van der Waals surface area contributed by atoms with Gasteiger partial charge in [-0.1, -0.05) is 29.5 Å². The van der Waals surface area contributed by atoms with Gasteiger partial charge in [-0.05, 0) is 36.4 Å². The normalized spacial score (nSPS) is 11.4. The molecule has 3 heterocycles. The molecule has 144 valence electrons. The van der Waals surface area contributed by atoms with Crippen LogP contribution in [0, 0.1) is 0 Å². The standard InChI is InChI=1S/C21H17N5O2S/c1-26-21(29-19(25-26)17-10-4-6-13-23-17)24-16-11-7-8-14(20(27)28-2)18(16)15-9-3-5-12-22-15/h3-13H,1-2H3. The lowest BCUT2D eigenvalue weighted by Crippen LogP contribution is -2.11. The molecule has 0 unspecified atom stereocenters. The lowest BCUT2D eigenvalue weighted by Gasteiger charge is -2.10. The van der Waals surface area contributed by atoms with E-state index in [9.17, 15) is 4.79 Å². The Morgan fingerprint density at radius 3 is 2.38 bits per heavy atom. The first kappa shape index (κ1) is 18.7. The summed E-state index contributed by atoms with van der Waals surface area (Å²) in [5.41, 5.74) is 3.06. The summed E-state index contributed by atoms with van der Waals surface area (Å²) in [7, 11) is 3.18. The van der Waals surface area contributed by atoms with Crippen molar-refractivity contribution in [3.63, 3.8) is 0 Å². The molecule has 0 bridgehead atoms. The van der Waals surface area contributed by atoms with E-state index < -0.39 is 5.97 Å². The maximum Gasteiger partial charge on any atom is 0.338 e. The maximum absolute atomic E-state index is 12.4. The van der Waals surface area contributed by atoms with Crippen molar-refractivity contribution in [1.82, 2.24) is 19.7 Å². The molecule has 0 atom stereocenters. The number of nitrogens with zero attached hydrogens (tertiary/aromatic N) is 5. The number of pyridine rings is 2. The van der Waals surface area contributed by atoms with Crippen molar-refractivity contribution in [2.24, 2.45) is 12.0 Å². The van der Waals surface area contributed by atoms with Gasteiger partial charge in [0.05, 0.1) is 24.1 Å². The molecule has 0 aliphatic heterocycles. The van der Waals surface area contributed by atoms with E-state index in [4.69, 9.17) is 9.73 Å². The highest BCUT2D eigenvalue weighted by molar-refractivity contribution is 7.12. The largest absolute Gasteiger partial charge is 0.465 e. The zero-order valence-corrected chi connectivity index (χ0v) is 16.6. The quantitative estimate of drug-likeness (QED) is 0.486. The molecule has 0 amide bonds. The first-order valence-electron chi connectivity index (χ1n) is 8.80. The van der Waals surface area contributed by atoms with Gasteiger partial charge in [0.2, 0.25) is 4.80 Å². The fraction of sp³-hybridized carbons (Fsp3) is 0.0952. The monoisotopic (exact) mass is 403 g/mol. The highest BCUT2D eigenvalue weighted by atomic mass is 32.1. The van der Waals surface area contributed by atoms with Crippen molar-refractivity contribution in [3.8, 4) is 22.0 Å². The number of methoxy groups -OCH3 is 1. The third-order valence-electron chi connectivity index (χ3n) is 4.17. The van der Waals surface area contributed by atoms with Crippen LogP contribution in [-0.2, 0) is 11.8 Å². The van der Waals surface area contributed by atoms with Gasteiger partial charge in [-0.2, -0.15) is 5.10 Å². The highest BCUT2D eigenvalue weighted by Gasteiger charge is 2.18. The number of carbonyl (C=O) groups excluding carboxylic acids is 1. The number of rotatable bonds is 4. The fourth-order valence-electron chi connectivity index (χ4n) is 2.84. The zero-order valence-electron chi connectivity index (χ0n) is 15.8. The summed E-state index contributed by atoms with van der Waals surface area (Å²) < 4.78 is 6.65. The number of carbonyl (C=O) groups is 1. The van der Waals surface area contributed by atoms with Gasteiger partial charge in [0, 0.05) is 25.0 Å². The van der Waals surface area contributed by atoms with Crippen LogP contribution in [0.3, 0.4) is 0 Å². The van der Waals surface area contributed by atoms with Crippen LogP contribution in [0.1, 0.15) is 10.4 Å². The van der Waals surface area contributed by atoms with E-state index in [0.29, 0.717) is 27.3 Å². The lowest BCUT2D eigenvalue weighted by molar-refractivity contribution is 0.0601. The Hall–Kier alpha value is -3.65. The maximum atomic E-state index is 12.4. The Labute approximate surface area is 171 Å². The van der Waals surface area contributed by atoms with Crippen molar-refractivity contribution in [2.45, 2.75) is 0 Å². The van der Waals surface area contributed by atoms with Crippen molar-refractivity contribution in [1.29, 1.82) is 0 Å². The summed E-state index contributed by atoms with van der Waals surface area (Å²) in [6, 6.07) is 16.5. The second-order valence-corrected chi connectivity index (χ2v) is 7.00. The van der Waals surface area contributed by atoms with Crippen molar-refractivity contribution < 1.29 is 9.53 Å². The summed E-state index contributed by atoms with van der Waals surface area (Å²) in [6.07, 6.45) is 3.41. The van der Waals surface area contributed by atoms with E-state index in [2.05, 4.69) is 15.1 Å². The lowest BCUT2D eigenvalue weighted by atomic mass is 10.0. The molecule has 4 rings (SSSR count). The first-order valence-corrected chi connectivity index (χ1v) is 9.62. The van der Waals surface area contributed by atoms with Crippen molar-refractivity contribution in [2.75, 3.05) is 7.11 Å². The smallest absolute Gasteiger partial charge is 0.338 e. The highest BCUT2D eigenvalue weighted by Crippen LogP contribution is 2.32. The molecule has 8 heteroatoms. The summed E-state index contributed by atoms with van der Waals surface area (Å²) >= 11 is 1.42. The van der Waals surface area contributed by atoms with E-state index in [0.717, 1.165) is 10.7 Å². The molecule has 0 aliphatic rings. The van der Waals surface area contributed by atoms with E-state index in [1.165, 1.54) is 18.4 Å². The van der Waals surface area contributed by atoms with Gasteiger partial charge in [-0.15, -0.1) is 0 Å². The predicted molar refractivity (Wildman–Crippen MR) is 111 cm³/mol. The van der Waals surface area contributed by atoms with Crippen LogP contribution in [-0.4, -0.2) is 32.8 Å².